The number of anilines is 1. The molecule has 6 heteroatoms. The molecule has 2 aromatic carbocycles. The van der Waals surface area contributed by atoms with Crippen molar-refractivity contribution < 1.29 is 9.90 Å². The van der Waals surface area contributed by atoms with E-state index < -0.39 is 5.92 Å². The van der Waals surface area contributed by atoms with Crippen molar-refractivity contribution in [2.24, 2.45) is 5.73 Å². The standard InChI is InChI=1S/C17H18N4O2/c18-7-6-15(11-2-1-3-14(22)9-11)17(23)20-13-4-5-16-12(8-13)10-19-21-16/h1-5,8-10,15,22H,6-7,18H2,(H,19,21)(H,20,23). The predicted molar refractivity (Wildman–Crippen MR) is 89.2 cm³/mol. The third kappa shape index (κ3) is 3.32. The van der Waals surface area contributed by atoms with E-state index in [-0.39, 0.29) is 11.7 Å². The molecule has 0 aliphatic rings. The number of amides is 1. The summed E-state index contributed by atoms with van der Waals surface area (Å²) in [4.78, 5) is 12.6. The monoisotopic (exact) mass is 310 g/mol. The van der Waals surface area contributed by atoms with Crippen LogP contribution in [0.1, 0.15) is 17.9 Å². The molecule has 0 aliphatic heterocycles. The van der Waals surface area contributed by atoms with Crippen molar-refractivity contribution >= 4 is 22.5 Å². The molecule has 6 nitrogen and oxygen atoms in total. The van der Waals surface area contributed by atoms with Gasteiger partial charge in [-0.1, -0.05) is 12.1 Å². The second kappa shape index (κ2) is 6.50. The highest BCUT2D eigenvalue weighted by Gasteiger charge is 2.20. The average Bonchev–Trinajstić information content (AvgIpc) is 3.00. The van der Waals surface area contributed by atoms with E-state index in [2.05, 4.69) is 15.5 Å². The molecule has 1 aromatic heterocycles. The molecule has 0 saturated heterocycles. The van der Waals surface area contributed by atoms with Gasteiger partial charge in [-0.2, -0.15) is 5.10 Å². The van der Waals surface area contributed by atoms with Crippen LogP contribution in [0.4, 0.5) is 5.69 Å². The smallest absolute Gasteiger partial charge is 0.231 e. The zero-order chi connectivity index (χ0) is 16.2. The SMILES string of the molecule is NCCC(C(=O)Nc1ccc2[nH]ncc2c1)c1cccc(O)c1. The number of nitrogens with two attached hydrogens (primary N) is 1. The Labute approximate surface area is 133 Å². The fourth-order valence-electron chi connectivity index (χ4n) is 2.61. The molecule has 1 unspecified atom stereocenters. The number of hydrogen-bond acceptors (Lipinski definition) is 4. The normalized spacial score (nSPS) is 12.2. The molecule has 0 spiro atoms. The number of phenolic OH excluding ortho intramolecular Hbond substituents is 1. The number of nitrogens with zero attached hydrogens (tertiary/aromatic N) is 1. The molecule has 1 atom stereocenters. The molecule has 3 rings (SSSR count). The van der Waals surface area contributed by atoms with Crippen LogP contribution in [0.25, 0.3) is 10.9 Å². The van der Waals surface area contributed by atoms with E-state index in [0.717, 1.165) is 16.5 Å². The highest BCUT2D eigenvalue weighted by molar-refractivity contribution is 5.97. The van der Waals surface area contributed by atoms with E-state index in [4.69, 9.17) is 5.73 Å². The van der Waals surface area contributed by atoms with Crippen molar-refractivity contribution in [2.75, 3.05) is 11.9 Å². The fraction of sp³-hybridized carbons (Fsp3) is 0.176. The number of aromatic hydroxyl groups is 1. The molecular weight excluding hydrogens is 292 g/mol. The molecular formula is C17H18N4O2. The maximum atomic E-state index is 12.6. The maximum Gasteiger partial charge on any atom is 0.231 e. The summed E-state index contributed by atoms with van der Waals surface area (Å²) in [5, 5.41) is 20.3. The zero-order valence-electron chi connectivity index (χ0n) is 12.5. The van der Waals surface area contributed by atoms with Crippen molar-refractivity contribution in [3.8, 4) is 5.75 Å². The van der Waals surface area contributed by atoms with E-state index in [1.54, 1.807) is 24.4 Å². The largest absolute Gasteiger partial charge is 0.508 e. The summed E-state index contributed by atoms with van der Waals surface area (Å²) in [7, 11) is 0. The molecule has 1 amide bonds. The number of carbonyl (C=O) groups is 1. The number of carbonyl (C=O) groups excluding carboxylic acids is 1. The molecule has 1 heterocycles. The van der Waals surface area contributed by atoms with Crippen LogP contribution in [0, 0.1) is 0 Å². The number of H-pyrrole nitrogens is 1. The lowest BCUT2D eigenvalue weighted by atomic mass is 9.94. The minimum absolute atomic E-state index is 0.136. The molecule has 0 saturated carbocycles. The minimum Gasteiger partial charge on any atom is -0.508 e. The summed E-state index contributed by atoms with van der Waals surface area (Å²) in [6, 6.07) is 12.3. The first-order valence-electron chi connectivity index (χ1n) is 7.40. The van der Waals surface area contributed by atoms with Crippen LogP contribution in [0.3, 0.4) is 0 Å². The average molecular weight is 310 g/mol. The third-order valence-corrected chi connectivity index (χ3v) is 3.75. The summed E-state index contributed by atoms with van der Waals surface area (Å²) in [6.07, 6.45) is 2.21. The lowest BCUT2D eigenvalue weighted by Crippen LogP contribution is -2.23. The minimum atomic E-state index is -0.410. The van der Waals surface area contributed by atoms with E-state index >= 15 is 0 Å². The Kier molecular flexibility index (Phi) is 4.25. The number of nitrogens with one attached hydrogen (secondary N) is 2. The van der Waals surface area contributed by atoms with Gasteiger partial charge in [0, 0.05) is 11.1 Å². The van der Waals surface area contributed by atoms with Crippen LogP contribution in [0.15, 0.2) is 48.7 Å². The highest BCUT2D eigenvalue weighted by atomic mass is 16.3. The Morgan fingerprint density at radius 1 is 1.30 bits per heavy atom. The van der Waals surface area contributed by atoms with Crippen LogP contribution in [0.2, 0.25) is 0 Å². The van der Waals surface area contributed by atoms with Gasteiger partial charge in [0.05, 0.1) is 17.6 Å². The Bertz CT molecular complexity index is 828. The first-order valence-corrected chi connectivity index (χ1v) is 7.40. The van der Waals surface area contributed by atoms with Gasteiger partial charge in [-0.15, -0.1) is 0 Å². The highest BCUT2D eigenvalue weighted by Crippen LogP contribution is 2.25. The van der Waals surface area contributed by atoms with Crippen LogP contribution in [0.5, 0.6) is 5.75 Å². The van der Waals surface area contributed by atoms with Gasteiger partial charge in [0.2, 0.25) is 5.91 Å². The number of benzene rings is 2. The van der Waals surface area contributed by atoms with Crippen LogP contribution < -0.4 is 11.1 Å². The van der Waals surface area contributed by atoms with Gasteiger partial charge in [0.1, 0.15) is 5.75 Å². The van der Waals surface area contributed by atoms with Gasteiger partial charge in [0.25, 0.3) is 0 Å². The summed E-state index contributed by atoms with van der Waals surface area (Å²) >= 11 is 0. The summed E-state index contributed by atoms with van der Waals surface area (Å²) in [5.74, 6) is -0.423. The zero-order valence-corrected chi connectivity index (χ0v) is 12.5. The first kappa shape index (κ1) is 15.1. The van der Waals surface area contributed by atoms with Gasteiger partial charge < -0.3 is 16.2 Å². The predicted octanol–water partition coefficient (Wildman–Crippen LogP) is 2.34. The van der Waals surface area contributed by atoms with Crippen molar-refractivity contribution in [1.82, 2.24) is 10.2 Å². The maximum absolute atomic E-state index is 12.6. The van der Waals surface area contributed by atoms with E-state index in [1.807, 2.05) is 24.3 Å². The van der Waals surface area contributed by atoms with Gasteiger partial charge >= 0.3 is 0 Å². The number of aromatic nitrogens is 2. The summed E-state index contributed by atoms with van der Waals surface area (Å²) in [6.45, 7) is 0.383. The van der Waals surface area contributed by atoms with E-state index in [1.165, 1.54) is 0 Å². The van der Waals surface area contributed by atoms with Crippen molar-refractivity contribution in [3.63, 3.8) is 0 Å². The lowest BCUT2D eigenvalue weighted by Gasteiger charge is -2.17. The molecule has 3 aromatic rings. The Balaban J connectivity index is 1.83. The molecule has 118 valence electrons. The van der Waals surface area contributed by atoms with Gasteiger partial charge in [0.15, 0.2) is 0 Å². The molecule has 0 fully saturated rings. The molecule has 0 aliphatic carbocycles. The number of hydrogen-bond donors (Lipinski definition) is 4. The van der Waals surface area contributed by atoms with Crippen LogP contribution in [-0.2, 0) is 4.79 Å². The molecule has 0 radical (unpaired) electrons. The lowest BCUT2D eigenvalue weighted by molar-refractivity contribution is -0.117. The summed E-state index contributed by atoms with van der Waals surface area (Å²) in [5.41, 5.74) is 8.00. The second-order valence-electron chi connectivity index (χ2n) is 5.39. The molecule has 5 N–H and O–H groups in total. The Morgan fingerprint density at radius 2 is 2.17 bits per heavy atom. The van der Waals surface area contributed by atoms with Gasteiger partial charge in [-0.25, -0.2) is 0 Å². The number of aromatic amines is 1. The van der Waals surface area contributed by atoms with Crippen molar-refractivity contribution in [1.29, 1.82) is 0 Å². The number of rotatable bonds is 5. The fourth-order valence-corrected chi connectivity index (χ4v) is 2.61. The number of phenols is 1. The topological polar surface area (TPSA) is 104 Å². The van der Waals surface area contributed by atoms with E-state index in [0.29, 0.717) is 18.7 Å². The van der Waals surface area contributed by atoms with Gasteiger partial charge in [-0.3, -0.25) is 9.89 Å². The Morgan fingerprint density at radius 3 is 2.96 bits per heavy atom. The molecule has 23 heavy (non-hydrogen) atoms. The van der Waals surface area contributed by atoms with E-state index in [9.17, 15) is 9.90 Å². The van der Waals surface area contributed by atoms with Gasteiger partial charge in [-0.05, 0) is 48.9 Å². The molecule has 0 bridgehead atoms. The van der Waals surface area contributed by atoms with Crippen LogP contribution in [-0.4, -0.2) is 27.8 Å². The van der Waals surface area contributed by atoms with Crippen molar-refractivity contribution in [2.45, 2.75) is 12.3 Å². The second-order valence-corrected chi connectivity index (χ2v) is 5.39. The van der Waals surface area contributed by atoms with Crippen LogP contribution >= 0.6 is 0 Å². The quantitative estimate of drug-likeness (QED) is 0.580. The van der Waals surface area contributed by atoms with Crippen molar-refractivity contribution in [3.05, 3.63) is 54.2 Å². The number of fused-ring (bicyclic) bond motifs is 1. The Hall–Kier alpha value is -2.86. The first-order chi connectivity index (χ1) is 11.2. The third-order valence-electron chi connectivity index (χ3n) is 3.75. The summed E-state index contributed by atoms with van der Waals surface area (Å²) < 4.78 is 0.